The molecule has 1 spiro atoms. The highest BCUT2D eigenvalue weighted by Crippen LogP contribution is 2.68. The van der Waals surface area contributed by atoms with Crippen LogP contribution in [0.15, 0.2) is 11.1 Å². The second-order valence-corrected chi connectivity index (χ2v) is 19.3. The summed E-state index contributed by atoms with van der Waals surface area (Å²) >= 11 is 0. The Labute approximate surface area is 260 Å². The van der Waals surface area contributed by atoms with Gasteiger partial charge in [-0.2, -0.15) is 0 Å². The Morgan fingerprint density at radius 1 is 0.955 bits per heavy atom. The van der Waals surface area contributed by atoms with Crippen LogP contribution in [0.5, 0.6) is 0 Å². The lowest BCUT2D eigenvalue weighted by Gasteiger charge is -2.67. The molecule has 2 saturated heterocycles. The third-order valence-corrected chi connectivity index (χ3v) is 11.7. The minimum atomic E-state index is -2.01. The molecule has 12 heteroatoms. The fraction of sp³-hybridized carbons (Fsp3) is 0.781. The van der Waals surface area contributed by atoms with E-state index in [0.717, 1.165) is 11.1 Å². The van der Waals surface area contributed by atoms with Crippen molar-refractivity contribution in [2.45, 2.75) is 124 Å². The number of carbonyl (C=O) groups is 5. The lowest BCUT2D eigenvalue weighted by Crippen LogP contribution is -2.79. The van der Waals surface area contributed by atoms with Gasteiger partial charge in [-0.1, -0.05) is 34.6 Å². The number of ketones is 1. The number of hydrogen-bond donors (Lipinski definition) is 0. The van der Waals surface area contributed by atoms with E-state index in [1.54, 1.807) is 0 Å². The molecule has 0 aromatic heterocycles. The van der Waals surface area contributed by atoms with Crippen LogP contribution in [0.2, 0.25) is 19.6 Å². The molecule has 0 aromatic rings. The minimum absolute atomic E-state index is 0.0782. The molecule has 3 aliphatic carbocycles. The summed E-state index contributed by atoms with van der Waals surface area (Å²) in [6.07, 6.45) is -1.26. The minimum Gasteiger partial charge on any atom is -0.454 e. The Morgan fingerprint density at radius 3 is 2.00 bits per heavy atom. The van der Waals surface area contributed by atoms with Crippen LogP contribution in [-0.2, 0) is 47.3 Å². The van der Waals surface area contributed by atoms with Gasteiger partial charge in [0.05, 0.1) is 18.6 Å². The van der Waals surface area contributed by atoms with Gasteiger partial charge in [0, 0.05) is 43.9 Å². The molecule has 2 saturated carbocycles. The Hall–Kier alpha value is -2.57. The number of fused-ring (bicyclic) bond motifs is 5. The van der Waals surface area contributed by atoms with Gasteiger partial charge < -0.3 is 28.1 Å². The highest BCUT2D eigenvalue weighted by molar-refractivity contribution is 6.69. The maximum Gasteiger partial charge on any atom is 0.509 e. The predicted molar refractivity (Wildman–Crippen MR) is 160 cm³/mol. The van der Waals surface area contributed by atoms with E-state index in [9.17, 15) is 24.0 Å². The maximum absolute atomic E-state index is 14.7. The quantitative estimate of drug-likeness (QED) is 0.137. The molecule has 2 heterocycles. The molecule has 5 rings (SSSR count). The summed E-state index contributed by atoms with van der Waals surface area (Å²) in [4.78, 5) is 60.0. The van der Waals surface area contributed by atoms with E-state index in [2.05, 4.69) is 52.1 Å². The summed E-state index contributed by atoms with van der Waals surface area (Å²) in [6, 6.07) is 0. The summed E-state index contributed by atoms with van der Waals surface area (Å²) in [5.74, 6) is -2.64. The van der Waals surface area contributed by atoms with Gasteiger partial charge in [-0.3, -0.25) is 19.2 Å². The first-order chi connectivity index (χ1) is 20.0. The van der Waals surface area contributed by atoms with Crippen LogP contribution < -0.4 is 0 Å². The fourth-order valence-electron chi connectivity index (χ4n) is 8.92. The normalized spacial score (nSPS) is 40.2. The molecule has 5 aliphatic rings. The van der Waals surface area contributed by atoms with Crippen molar-refractivity contribution < 1.29 is 52.1 Å². The summed E-state index contributed by atoms with van der Waals surface area (Å²) in [6.45, 7) is 22.5. The van der Waals surface area contributed by atoms with Crippen LogP contribution in [0.25, 0.3) is 0 Å². The summed E-state index contributed by atoms with van der Waals surface area (Å²) < 4.78 is 35.2. The second kappa shape index (κ2) is 11.0. The number of hydrogen-bond acceptors (Lipinski definition) is 11. The van der Waals surface area contributed by atoms with Gasteiger partial charge in [-0.25, -0.2) is 4.79 Å². The molecule has 2 bridgehead atoms. The van der Waals surface area contributed by atoms with Crippen molar-refractivity contribution in [3.05, 3.63) is 11.1 Å². The first kappa shape index (κ1) is 34.3. The monoisotopic (exact) mass is 636 g/mol. The third-order valence-electron chi connectivity index (χ3n) is 10.7. The van der Waals surface area contributed by atoms with Crippen molar-refractivity contribution >= 4 is 38.2 Å². The van der Waals surface area contributed by atoms with E-state index in [1.165, 1.54) is 20.8 Å². The zero-order valence-electron chi connectivity index (χ0n) is 28.1. The largest absolute Gasteiger partial charge is 0.509 e. The summed E-state index contributed by atoms with van der Waals surface area (Å²) in [5.41, 5.74) is -1.82. The summed E-state index contributed by atoms with van der Waals surface area (Å²) in [5, 5.41) is 0. The molecule has 0 unspecified atom stereocenters. The van der Waals surface area contributed by atoms with E-state index >= 15 is 0 Å². The first-order valence-electron chi connectivity index (χ1n) is 15.4. The Morgan fingerprint density at radius 2 is 1.55 bits per heavy atom. The number of rotatable bonds is 3. The second-order valence-electron chi connectivity index (χ2n) is 14.8. The molecular formula is C32H48O11Si. The van der Waals surface area contributed by atoms with Gasteiger partial charge in [-0.15, -0.1) is 0 Å². The standard InChI is InChI=1S/C28H42O8Si.C4H6O3/c1-14-11-19-27(13-32-19,34-17(4)29)21-23-28(35-24(31)33-23)12-18(36-37(8,9)10)15(2)20(25(28,5)6)16(3)22(30)26(14,21)7;1-3(5)7-4(2)6/h14,16,18-19,21,23H,11-13H2,1-10H3;1-2H3/t14-,16+,18-,19+,21-,23-,26+,27-,28+;/m0./s1. The molecule has 0 aromatic carbocycles. The van der Waals surface area contributed by atoms with Gasteiger partial charge in [0.25, 0.3) is 0 Å². The molecule has 9 atom stereocenters. The van der Waals surface area contributed by atoms with Gasteiger partial charge in [0.15, 0.2) is 25.6 Å². The molecule has 2 aliphatic heterocycles. The predicted octanol–water partition coefficient (Wildman–Crippen LogP) is 4.90. The van der Waals surface area contributed by atoms with Gasteiger partial charge in [0.2, 0.25) is 0 Å². The zero-order chi connectivity index (χ0) is 33.4. The lowest BCUT2D eigenvalue weighted by molar-refractivity contribution is -0.330. The van der Waals surface area contributed by atoms with E-state index in [0.29, 0.717) is 12.8 Å². The Balaban J connectivity index is 0.000000566. The topological polar surface area (TPSA) is 141 Å². The molecule has 0 radical (unpaired) electrons. The van der Waals surface area contributed by atoms with E-state index in [-0.39, 0.29) is 30.5 Å². The molecule has 11 nitrogen and oxygen atoms in total. The average Bonchev–Trinajstić information content (AvgIpc) is 3.17. The maximum atomic E-state index is 14.7. The van der Waals surface area contributed by atoms with Crippen LogP contribution in [-0.4, -0.2) is 74.3 Å². The van der Waals surface area contributed by atoms with Crippen molar-refractivity contribution in [2.24, 2.45) is 28.6 Å². The average molecular weight is 637 g/mol. The number of esters is 3. The molecule has 246 valence electrons. The molecule has 0 amide bonds. The van der Waals surface area contributed by atoms with Crippen LogP contribution in [0.1, 0.15) is 75.2 Å². The lowest BCUT2D eigenvalue weighted by atomic mass is 9.42. The van der Waals surface area contributed by atoms with Crippen LogP contribution >= 0.6 is 0 Å². The van der Waals surface area contributed by atoms with Gasteiger partial charge >= 0.3 is 24.1 Å². The number of ether oxygens (including phenoxy) is 5. The highest BCUT2D eigenvalue weighted by atomic mass is 28.4. The van der Waals surface area contributed by atoms with Crippen LogP contribution in [0.3, 0.4) is 0 Å². The Bertz CT molecular complexity index is 1290. The van der Waals surface area contributed by atoms with E-state index < -0.39 is 72.4 Å². The smallest absolute Gasteiger partial charge is 0.454 e. The highest BCUT2D eigenvalue weighted by Gasteiger charge is 2.79. The van der Waals surface area contributed by atoms with Gasteiger partial charge in [0.1, 0.15) is 11.9 Å². The molecule has 0 N–H and O–H groups in total. The van der Waals surface area contributed by atoms with Crippen LogP contribution in [0.4, 0.5) is 4.79 Å². The zero-order valence-corrected chi connectivity index (χ0v) is 29.1. The Kier molecular flexibility index (Phi) is 8.61. The first-order valence-corrected chi connectivity index (χ1v) is 18.8. The molecular weight excluding hydrogens is 588 g/mol. The number of Topliss-reactive ketones (excluding diaryl/α,β-unsaturated/α-hetero) is 1. The van der Waals surface area contributed by atoms with Crippen molar-refractivity contribution in [1.29, 1.82) is 0 Å². The van der Waals surface area contributed by atoms with Crippen molar-refractivity contribution in [3.8, 4) is 0 Å². The van der Waals surface area contributed by atoms with Crippen molar-refractivity contribution in [3.63, 3.8) is 0 Å². The SMILES string of the molecule is CC(=O)OC(C)=O.CC(=O)O[C@@]12CO[C@@H]1C[C@H](C)[C@@]1(C)C(=O)[C@H](C)C3=C(C)[C@@H](O[Si](C)(C)C)C[C@]4(OC(=O)O[C@H]4[C@H]21)C3(C)C. The molecule has 4 fully saturated rings. The summed E-state index contributed by atoms with van der Waals surface area (Å²) in [7, 11) is -2.01. The van der Waals surface area contributed by atoms with Crippen LogP contribution in [0, 0.1) is 28.6 Å². The van der Waals surface area contributed by atoms with Crippen molar-refractivity contribution in [2.75, 3.05) is 6.61 Å². The van der Waals surface area contributed by atoms with E-state index in [4.69, 9.17) is 23.4 Å². The van der Waals surface area contributed by atoms with Crippen molar-refractivity contribution in [1.82, 2.24) is 0 Å². The van der Waals surface area contributed by atoms with Gasteiger partial charge in [-0.05, 0) is 50.0 Å². The third kappa shape index (κ3) is 5.14. The fourth-order valence-corrected chi connectivity index (χ4v) is 10.0. The van der Waals surface area contributed by atoms with E-state index in [1.807, 2.05) is 13.8 Å². The number of carbonyl (C=O) groups excluding carboxylic acids is 5. The molecule has 44 heavy (non-hydrogen) atoms.